The number of anilines is 1. The van der Waals surface area contributed by atoms with E-state index in [4.69, 9.17) is 0 Å². The molecule has 0 radical (unpaired) electrons. The SMILES string of the molecule is O=C1CSC(c2ccccc2Br)N1c1ccc(F)cc1F. The Morgan fingerprint density at radius 1 is 1.19 bits per heavy atom. The van der Waals surface area contributed by atoms with Crippen LogP contribution >= 0.6 is 27.7 Å². The summed E-state index contributed by atoms with van der Waals surface area (Å²) in [6.07, 6.45) is 0. The van der Waals surface area contributed by atoms with Gasteiger partial charge in [-0.1, -0.05) is 34.1 Å². The van der Waals surface area contributed by atoms with Crippen LogP contribution in [0, 0.1) is 11.6 Å². The van der Waals surface area contributed by atoms with E-state index in [-0.39, 0.29) is 22.7 Å². The van der Waals surface area contributed by atoms with Crippen LogP contribution in [0.15, 0.2) is 46.9 Å². The number of rotatable bonds is 2. The first-order valence-corrected chi connectivity index (χ1v) is 8.05. The van der Waals surface area contributed by atoms with Crippen molar-refractivity contribution >= 4 is 39.3 Å². The van der Waals surface area contributed by atoms with E-state index in [9.17, 15) is 13.6 Å². The topological polar surface area (TPSA) is 20.3 Å². The molecule has 0 bridgehead atoms. The lowest BCUT2D eigenvalue weighted by Crippen LogP contribution is -2.28. The lowest BCUT2D eigenvalue weighted by molar-refractivity contribution is -0.115. The van der Waals surface area contributed by atoms with Crippen molar-refractivity contribution in [1.29, 1.82) is 0 Å². The zero-order valence-electron chi connectivity index (χ0n) is 10.7. The highest BCUT2D eigenvalue weighted by atomic mass is 79.9. The first kappa shape index (κ1) is 14.5. The van der Waals surface area contributed by atoms with E-state index in [1.165, 1.54) is 22.7 Å². The number of thioether (sulfide) groups is 1. The van der Waals surface area contributed by atoms with Gasteiger partial charge in [-0.25, -0.2) is 8.78 Å². The average Bonchev–Trinajstić information content (AvgIpc) is 2.81. The number of nitrogens with zero attached hydrogens (tertiary/aromatic N) is 1. The molecule has 2 aromatic rings. The maximum atomic E-state index is 14.0. The molecule has 1 aliphatic heterocycles. The van der Waals surface area contributed by atoms with Gasteiger partial charge < -0.3 is 0 Å². The summed E-state index contributed by atoms with van der Waals surface area (Å²) in [6.45, 7) is 0. The van der Waals surface area contributed by atoms with E-state index in [2.05, 4.69) is 15.9 Å². The first-order valence-electron chi connectivity index (χ1n) is 6.21. The van der Waals surface area contributed by atoms with Gasteiger partial charge in [0.05, 0.1) is 11.4 Å². The molecule has 1 amide bonds. The molecule has 1 unspecified atom stereocenters. The Bertz CT molecular complexity index is 710. The zero-order valence-corrected chi connectivity index (χ0v) is 13.1. The number of benzene rings is 2. The predicted molar refractivity (Wildman–Crippen MR) is 83.2 cm³/mol. The van der Waals surface area contributed by atoms with Gasteiger partial charge in [0, 0.05) is 10.5 Å². The molecular weight excluding hydrogens is 360 g/mol. The van der Waals surface area contributed by atoms with Gasteiger partial charge in [0.2, 0.25) is 5.91 Å². The molecule has 108 valence electrons. The summed E-state index contributed by atoms with van der Waals surface area (Å²) in [5.74, 6) is -1.31. The first-order chi connectivity index (χ1) is 10.1. The van der Waals surface area contributed by atoms with Crippen LogP contribution in [0.5, 0.6) is 0 Å². The zero-order chi connectivity index (χ0) is 15.0. The molecule has 0 aliphatic carbocycles. The van der Waals surface area contributed by atoms with Gasteiger partial charge in [-0.05, 0) is 23.8 Å². The Morgan fingerprint density at radius 3 is 2.67 bits per heavy atom. The van der Waals surface area contributed by atoms with Gasteiger partial charge in [-0.2, -0.15) is 0 Å². The quantitative estimate of drug-likeness (QED) is 0.776. The van der Waals surface area contributed by atoms with Gasteiger partial charge in [-0.15, -0.1) is 11.8 Å². The van der Waals surface area contributed by atoms with Crippen molar-refractivity contribution in [3.05, 3.63) is 64.1 Å². The van der Waals surface area contributed by atoms with Crippen molar-refractivity contribution in [1.82, 2.24) is 0 Å². The van der Waals surface area contributed by atoms with Gasteiger partial charge in [0.15, 0.2) is 0 Å². The highest BCUT2D eigenvalue weighted by molar-refractivity contribution is 9.10. The van der Waals surface area contributed by atoms with E-state index >= 15 is 0 Å². The molecule has 1 aliphatic rings. The Hall–Kier alpha value is -1.40. The highest BCUT2D eigenvalue weighted by Crippen LogP contribution is 2.44. The molecule has 0 saturated carbocycles. The largest absolute Gasteiger partial charge is 0.292 e. The molecule has 2 aromatic carbocycles. The minimum absolute atomic E-state index is 0.104. The summed E-state index contributed by atoms with van der Waals surface area (Å²) in [7, 11) is 0. The Labute approximate surface area is 133 Å². The van der Waals surface area contributed by atoms with Crippen molar-refractivity contribution in [2.75, 3.05) is 10.7 Å². The van der Waals surface area contributed by atoms with Gasteiger partial charge in [-0.3, -0.25) is 9.69 Å². The maximum absolute atomic E-state index is 14.0. The lowest BCUT2D eigenvalue weighted by atomic mass is 10.2. The molecular formula is C15H10BrF2NOS. The third-order valence-corrected chi connectivity index (χ3v) is 5.12. The van der Waals surface area contributed by atoms with Gasteiger partial charge in [0.1, 0.15) is 17.0 Å². The van der Waals surface area contributed by atoms with Crippen LogP contribution in [0.25, 0.3) is 0 Å². The smallest absolute Gasteiger partial charge is 0.238 e. The highest BCUT2D eigenvalue weighted by Gasteiger charge is 2.36. The van der Waals surface area contributed by atoms with E-state index in [1.54, 1.807) is 0 Å². The molecule has 6 heteroatoms. The second-order valence-corrected chi connectivity index (χ2v) is 6.47. The van der Waals surface area contributed by atoms with Crippen LogP contribution in [-0.4, -0.2) is 11.7 Å². The molecule has 0 aromatic heterocycles. The molecule has 3 rings (SSSR count). The fourth-order valence-electron chi connectivity index (χ4n) is 2.27. The number of halogens is 3. The van der Waals surface area contributed by atoms with Gasteiger partial charge >= 0.3 is 0 Å². The average molecular weight is 370 g/mol. The van der Waals surface area contributed by atoms with Crippen molar-refractivity contribution in [3.63, 3.8) is 0 Å². The van der Waals surface area contributed by atoms with Crippen LogP contribution in [-0.2, 0) is 4.79 Å². The van der Waals surface area contributed by atoms with Crippen molar-refractivity contribution in [2.45, 2.75) is 5.37 Å². The van der Waals surface area contributed by atoms with Crippen LogP contribution in [0.4, 0.5) is 14.5 Å². The van der Waals surface area contributed by atoms with Crippen molar-refractivity contribution < 1.29 is 13.6 Å². The maximum Gasteiger partial charge on any atom is 0.238 e. The van der Waals surface area contributed by atoms with Crippen LogP contribution < -0.4 is 4.90 Å². The number of amides is 1. The number of hydrogen-bond donors (Lipinski definition) is 0. The van der Waals surface area contributed by atoms with Crippen LogP contribution in [0.2, 0.25) is 0 Å². The number of carbonyl (C=O) groups is 1. The van der Waals surface area contributed by atoms with Gasteiger partial charge in [0.25, 0.3) is 0 Å². The summed E-state index contributed by atoms with van der Waals surface area (Å²) >= 11 is 4.87. The fraction of sp³-hybridized carbons (Fsp3) is 0.133. The molecule has 0 spiro atoms. The molecule has 0 N–H and O–H groups in total. The monoisotopic (exact) mass is 369 g/mol. The van der Waals surface area contributed by atoms with E-state index in [1.807, 2.05) is 24.3 Å². The van der Waals surface area contributed by atoms with Crippen molar-refractivity contribution in [2.24, 2.45) is 0 Å². The molecule has 2 nitrogen and oxygen atoms in total. The minimum atomic E-state index is -0.733. The third kappa shape index (κ3) is 2.70. The Kier molecular flexibility index (Phi) is 3.99. The second-order valence-electron chi connectivity index (χ2n) is 4.54. The van der Waals surface area contributed by atoms with E-state index < -0.39 is 11.6 Å². The summed E-state index contributed by atoms with van der Waals surface area (Å²) in [5, 5.41) is -0.326. The standard InChI is InChI=1S/C15H10BrF2NOS/c16-11-4-2-1-3-10(11)15-19(14(20)8-21-15)13-6-5-9(17)7-12(13)18/h1-7,15H,8H2. The van der Waals surface area contributed by atoms with Crippen molar-refractivity contribution in [3.8, 4) is 0 Å². The number of carbonyl (C=O) groups excluding carboxylic acids is 1. The summed E-state index contributed by atoms with van der Waals surface area (Å²) in [6, 6.07) is 10.7. The molecule has 21 heavy (non-hydrogen) atoms. The predicted octanol–water partition coefficient (Wildman–Crippen LogP) is 4.51. The molecule has 1 heterocycles. The molecule has 1 saturated heterocycles. The third-order valence-electron chi connectivity index (χ3n) is 3.21. The van der Waals surface area contributed by atoms with E-state index in [0.717, 1.165) is 22.2 Å². The molecule has 1 fully saturated rings. The second kappa shape index (κ2) is 5.77. The number of hydrogen-bond acceptors (Lipinski definition) is 2. The Balaban J connectivity index is 2.06. The fourth-order valence-corrected chi connectivity index (χ4v) is 4.12. The summed E-state index contributed by atoms with van der Waals surface area (Å²) in [4.78, 5) is 13.5. The Morgan fingerprint density at radius 2 is 1.95 bits per heavy atom. The lowest BCUT2D eigenvalue weighted by Gasteiger charge is -2.25. The van der Waals surface area contributed by atoms with Crippen LogP contribution in [0.3, 0.4) is 0 Å². The summed E-state index contributed by atoms with van der Waals surface area (Å²) in [5.41, 5.74) is 0.990. The summed E-state index contributed by atoms with van der Waals surface area (Å²) < 4.78 is 27.9. The van der Waals surface area contributed by atoms with E-state index in [0.29, 0.717) is 0 Å². The normalized spacial score (nSPS) is 18.3. The van der Waals surface area contributed by atoms with Crippen LogP contribution in [0.1, 0.15) is 10.9 Å². The minimum Gasteiger partial charge on any atom is -0.292 e. The molecule has 1 atom stereocenters.